The number of allylic oxidation sites excluding steroid dienone is 1. The van der Waals surface area contributed by atoms with Gasteiger partial charge in [-0.15, -0.1) is 0 Å². The van der Waals surface area contributed by atoms with Gasteiger partial charge in [0.25, 0.3) is 0 Å². The Kier molecular flexibility index (Phi) is 5.92. The molecular weight excluding hydrogens is 292 g/mol. The molecule has 0 saturated heterocycles. The Hall–Kier alpha value is -1.37. The third-order valence-electron chi connectivity index (χ3n) is 6.14. The molecule has 130 valence electrons. The number of hydrogen-bond donors (Lipinski definition) is 0. The van der Waals surface area contributed by atoms with Crippen LogP contribution < -0.4 is 0 Å². The molecule has 0 radical (unpaired) electrons. The maximum absolute atomic E-state index is 11.7. The smallest absolute Gasteiger partial charge is 0.133 e. The van der Waals surface area contributed by atoms with Crippen molar-refractivity contribution in [3.05, 3.63) is 47.0 Å². The predicted molar refractivity (Wildman–Crippen MR) is 101 cm³/mol. The van der Waals surface area contributed by atoms with Crippen molar-refractivity contribution in [3.63, 3.8) is 0 Å². The van der Waals surface area contributed by atoms with Crippen LogP contribution in [-0.2, 0) is 24.1 Å². The topological polar surface area (TPSA) is 17.1 Å². The van der Waals surface area contributed by atoms with Crippen molar-refractivity contribution in [1.82, 2.24) is 0 Å². The van der Waals surface area contributed by atoms with Gasteiger partial charge in [-0.3, -0.25) is 4.79 Å². The number of ketones is 1. The van der Waals surface area contributed by atoms with Crippen LogP contribution in [0.3, 0.4) is 0 Å². The largest absolute Gasteiger partial charge is 0.300 e. The summed E-state index contributed by atoms with van der Waals surface area (Å²) in [7, 11) is 0. The summed E-state index contributed by atoms with van der Waals surface area (Å²) in [5, 5.41) is 0. The van der Waals surface area contributed by atoms with Crippen LogP contribution in [0, 0.1) is 11.8 Å². The number of hydrogen-bond acceptors (Lipinski definition) is 1. The quantitative estimate of drug-likeness (QED) is 0.491. The van der Waals surface area contributed by atoms with E-state index in [1.54, 1.807) is 0 Å². The van der Waals surface area contributed by atoms with Crippen molar-refractivity contribution >= 4 is 5.78 Å². The average Bonchev–Trinajstić information content (AvgIpc) is 2.77. The lowest BCUT2D eigenvalue weighted by molar-refractivity contribution is -0.118. The van der Waals surface area contributed by atoms with E-state index in [1.807, 2.05) is 0 Å². The number of rotatable bonds is 5. The summed E-state index contributed by atoms with van der Waals surface area (Å²) in [6.07, 6.45) is 12.6. The van der Waals surface area contributed by atoms with E-state index < -0.39 is 0 Å². The number of carbonyl (C=O) groups excluding carboxylic acids is 1. The van der Waals surface area contributed by atoms with Crippen molar-refractivity contribution in [1.29, 1.82) is 0 Å². The van der Waals surface area contributed by atoms with Gasteiger partial charge in [-0.2, -0.15) is 0 Å². The molecule has 1 nitrogen and oxygen atoms in total. The highest BCUT2D eigenvalue weighted by atomic mass is 16.1. The molecule has 0 spiro atoms. The second kappa shape index (κ2) is 8.14. The SMILES string of the molecule is C=C(Cc1ccc2c(c1)CCC(=O)CC2)C[C@@H](C)C1CCCCC1. The highest BCUT2D eigenvalue weighted by Crippen LogP contribution is 2.33. The van der Waals surface area contributed by atoms with E-state index in [4.69, 9.17) is 0 Å². The first-order valence-corrected chi connectivity index (χ1v) is 9.91. The first-order chi connectivity index (χ1) is 11.6. The van der Waals surface area contributed by atoms with Crippen LogP contribution in [0.2, 0.25) is 0 Å². The molecule has 1 heteroatoms. The zero-order chi connectivity index (χ0) is 16.9. The normalized spacial score (nSPS) is 20.3. The first kappa shape index (κ1) is 17.5. The van der Waals surface area contributed by atoms with Gasteiger partial charge in [-0.1, -0.05) is 69.4 Å². The summed E-state index contributed by atoms with van der Waals surface area (Å²) >= 11 is 0. The molecule has 0 amide bonds. The van der Waals surface area contributed by atoms with Gasteiger partial charge in [-0.25, -0.2) is 0 Å². The summed E-state index contributed by atoms with van der Waals surface area (Å²) in [6.45, 7) is 6.79. The fraction of sp³-hybridized carbons (Fsp3) is 0.609. The third kappa shape index (κ3) is 4.59. The number of Topliss-reactive ketones (excluding diaryl/α,β-unsaturated/α-hetero) is 1. The fourth-order valence-electron chi connectivity index (χ4n) is 4.63. The van der Waals surface area contributed by atoms with Gasteiger partial charge in [-0.05, 0) is 54.2 Å². The van der Waals surface area contributed by atoms with Crippen molar-refractivity contribution in [2.24, 2.45) is 11.8 Å². The van der Waals surface area contributed by atoms with Crippen LogP contribution in [0.15, 0.2) is 30.4 Å². The number of benzene rings is 1. The minimum Gasteiger partial charge on any atom is -0.300 e. The van der Waals surface area contributed by atoms with Crippen molar-refractivity contribution < 1.29 is 4.79 Å². The molecule has 0 unspecified atom stereocenters. The molecule has 3 rings (SSSR count). The lowest BCUT2D eigenvalue weighted by Crippen LogP contribution is -2.16. The van der Waals surface area contributed by atoms with Gasteiger partial charge in [0.2, 0.25) is 0 Å². The van der Waals surface area contributed by atoms with Crippen molar-refractivity contribution in [2.75, 3.05) is 0 Å². The Morgan fingerprint density at radius 3 is 2.54 bits per heavy atom. The van der Waals surface area contributed by atoms with Crippen LogP contribution in [0.25, 0.3) is 0 Å². The van der Waals surface area contributed by atoms with E-state index in [2.05, 4.69) is 31.7 Å². The van der Waals surface area contributed by atoms with Gasteiger partial charge in [0.15, 0.2) is 0 Å². The van der Waals surface area contributed by atoms with E-state index >= 15 is 0 Å². The zero-order valence-electron chi connectivity index (χ0n) is 15.3. The summed E-state index contributed by atoms with van der Waals surface area (Å²) in [6, 6.07) is 6.84. The zero-order valence-corrected chi connectivity index (χ0v) is 15.3. The van der Waals surface area contributed by atoms with E-state index in [1.165, 1.54) is 60.8 Å². The first-order valence-electron chi connectivity index (χ1n) is 9.91. The molecule has 2 aliphatic carbocycles. The fourth-order valence-corrected chi connectivity index (χ4v) is 4.63. The van der Waals surface area contributed by atoms with E-state index in [-0.39, 0.29) is 0 Å². The molecular formula is C23H32O. The Bertz CT molecular complexity index is 592. The molecule has 1 fully saturated rings. The molecule has 0 N–H and O–H groups in total. The van der Waals surface area contributed by atoms with Gasteiger partial charge >= 0.3 is 0 Å². The molecule has 24 heavy (non-hydrogen) atoms. The van der Waals surface area contributed by atoms with E-state index in [9.17, 15) is 4.79 Å². The van der Waals surface area contributed by atoms with Gasteiger partial charge in [0.1, 0.15) is 5.78 Å². The Morgan fingerprint density at radius 2 is 1.79 bits per heavy atom. The predicted octanol–water partition coefficient (Wildman–Crippen LogP) is 5.84. The van der Waals surface area contributed by atoms with Gasteiger partial charge in [0.05, 0.1) is 0 Å². The molecule has 0 aliphatic heterocycles. The second-order valence-electron chi connectivity index (χ2n) is 8.15. The highest BCUT2D eigenvalue weighted by molar-refractivity contribution is 5.79. The molecule has 1 aromatic rings. The lowest BCUT2D eigenvalue weighted by Gasteiger charge is -2.28. The third-order valence-corrected chi connectivity index (χ3v) is 6.14. The van der Waals surface area contributed by atoms with Gasteiger partial charge < -0.3 is 0 Å². The van der Waals surface area contributed by atoms with Crippen LogP contribution in [0.5, 0.6) is 0 Å². The highest BCUT2D eigenvalue weighted by Gasteiger charge is 2.20. The van der Waals surface area contributed by atoms with Crippen LogP contribution in [-0.4, -0.2) is 5.78 Å². The number of fused-ring (bicyclic) bond motifs is 1. The molecule has 0 aromatic heterocycles. The number of aryl methyl sites for hydroxylation is 2. The summed E-state index contributed by atoms with van der Waals surface area (Å²) in [5.74, 6) is 2.10. The van der Waals surface area contributed by atoms with Crippen molar-refractivity contribution in [3.8, 4) is 0 Å². The maximum atomic E-state index is 11.7. The molecule has 1 atom stereocenters. The van der Waals surface area contributed by atoms with Crippen LogP contribution >= 0.6 is 0 Å². The minimum absolute atomic E-state index is 0.415. The molecule has 1 saturated carbocycles. The van der Waals surface area contributed by atoms with Gasteiger partial charge in [0, 0.05) is 12.8 Å². The summed E-state index contributed by atoms with van der Waals surface area (Å²) in [5.41, 5.74) is 5.53. The Labute approximate surface area is 147 Å². The van der Waals surface area contributed by atoms with E-state index in [0.717, 1.165) is 43.9 Å². The molecule has 1 aromatic carbocycles. The summed E-state index contributed by atoms with van der Waals surface area (Å²) in [4.78, 5) is 11.7. The van der Waals surface area contributed by atoms with E-state index in [0.29, 0.717) is 5.78 Å². The monoisotopic (exact) mass is 324 g/mol. The van der Waals surface area contributed by atoms with Crippen LogP contribution in [0.1, 0.15) is 75.0 Å². The molecule has 0 bridgehead atoms. The minimum atomic E-state index is 0.415. The maximum Gasteiger partial charge on any atom is 0.133 e. The molecule has 2 aliphatic rings. The average molecular weight is 325 g/mol. The Morgan fingerprint density at radius 1 is 1.08 bits per heavy atom. The number of carbonyl (C=O) groups is 1. The second-order valence-corrected chi connectivity index (χ2v) is 8.15. The standard InChI is InChI=1S/C23H32O/c1-17(14-18(2)20-6-4-3-5-7-20)15-19-8-9-21-10-12-23(24)13-11-22(21)16-19/h8-9,16,18,20H,1,3-7,10-15H2,2H3/t18-/m1/s1. The Balaban J connectivity index is 1.57. The molecule has 0 heterocycles. The van der Waals surface area contributed by atoms with Crippen molar-refractivity contribution in [2.45, 2.75) is 77.6 Å². The lowest BCUT2D eigenvalue weighted by atomic mass is 9.78. The van der Waals surface area contributed by atoms with Crippen LogP contribution in [0.4, 0.5) is 0 Å². The summed E-state index contributed by atoms with van der Waals surface area (Å²) < 4.78 is 0.